The van der Waals surface area contributed by atoms with Gasteiger partial charge in [-0.15, -0.1) is 0 Å². The second kappa shape index (κ2) is 4.19. The summed E-state index contributed by atoms with van der Waals surface area (Å²) >= 11 is 8.59. The van der Waals surface area contributed by atoms with Crippen molar-refractivity contribution in [3.63, 3.8) is 0 Å². The SMILES string of the molecule is COc1cc(Br)c(Cl)c(C(F)F)n1. The quantitative estimate of drug-likeness (QED) is 0.823. The van der Waals surface area contributed by atoms with E-state index < -0.39 is 12.1 Å². The number of alkyl halides is 2. The summed E-state index contributed by atoms with van der Waals surface area (Å²) in [5.74, 6) is 0.103. The molecule has 72 valence electrons. The summed E-state index contributed by atoms with van der Waals surface area (Å²) in [5, 5.41) is -0.0872. The molecule has 0 aliphatic rings. The lowest BCUT2D eigenvalue weighted by atomic mass is 10.3. The maximum Gasteiger partial charge on any atom is 0.282 e. The van der Waals surface area contributed by atoms with E-state index in [-0.39, 0.29) is 10.9 Å². The van der Waals surface area contributed by atoms with Crippen LogP contribution in [0.1, 0.15) is 12.1 Å². The third-order valence-electron chi connectivity index (χ3n) is 1.33. The van der Waals surface area contributed by atoms with Crippen LogP contribution in [0, 0.1) is 0 Å². The van der Waals surface area contributed by atoms with Gasteiger partial charge in [0.1, 0.15) is 5.69 Å². The van der Waals surface area contributed by atoms with E-state index in [4.69, 9.17) is 16.3 Å². The molecule has 6 heteroatoms. The molecule has 0 atom stereocenters. The standard InChI is InChI=1S/C7H5BrClF2NO/c1-13-4-2-3(8)5(9)6(12-4)7(10)11/h2,7H,1H3. The third-order valence-corrected chi connectivity index (χ3v) is 2.58. The Morgan fingerprint density at radius 1 is 1.62 bits per heavy atom. The van der Waals surface area contributed by atoms with Crippen LogP contribution >= 0.6 is 27.5 Å². The fourth-order valence-corrected chi connectivity index (χ4v) is 1.32. The first-order valence-electron chi connectivity index (χ1n) is 3.24. The maximum absolute atomic E-state index is 12.3. The topological polar surface area (TPSA) is 22.1 Å². The molecule has 1 aromatic heterocycles. The molecule has 0 aliphatic heterocycles. The van der Waals surface area contributed by atoms with Crippen LogP contribution in [-0.4, -0.2) is 12.1 Å². The average Bonchev–Trinajstić information content (AvgIpc) is 2.09. The number of aromatic nitrogens is 1. The van der Waals surface area contributed by atoms with E-state index in [9.17, 15) is 8.78 Å². The highest BCUT2D eigenvalue weighted by Crippen LogP contribution is 2.33. The molecular formula is C7H5BrClF2NO. The summed E-state index contributed by atoms with van der Waals surface area (Å²) in [6.07, 6.45) is -2.71. The van der Waals surface area contributed by atoms with Crippen molar-refractivity contribution in [2.75, 3.05) is 7.11 Å². The van der Waals surface area contributed by atoms with Crippen LogP contribution in [0.2, 0.25) is 5.02 Å². The van der Waals surface area contributed by atoms with Crippen molar-refractivity contribution in [2.24, 2.45) is 0 Å². The van der Waals surface area contributed by atoms with E-state index in [0.29, 0.717) is 4.47 Å². The highest BCUT2D eigenvalue weighted by Gasteiger charge is 2.17. The fourth-order valence-electron chi connectivity index (χ4n) is 0.743. The number of hydrogen-bond donors (Lipinski definition) is 0. The fraction of sp³-hybridized carbons (Fsp3) is 0.286. The molecule has 1 rings (SSSR count). The van der Waals surface area contributed by atoms with Crippen molar-refractivity contribution in [1.82, 2.24) is 4.98 Å². The van der Waals surface area contributed by atoms with E-state index in [0.717, 1.165) is 0 Å². The van der Waals surface area contributed by atoms with Crippen LogP contribution in [0.25, 0.3) is 0 Å². The molecule has 0 amide bonds. The van der Waals surface area contributed by atoms with Gasteiger partial charge in [-0.3, -0.25) is 0 Å². The van der Waals surface area contributed by atoms with Gasteiger partial charge in [0, 0.05) is 10.5 Å². The first kappa shape index (κ1) is 10.7. The minimum Gasteiger partial charge on any atom is -0.481 e. The first-order chi connectivity index (χ1) is 6.06. The number of nitrogens with zero attached hydrogens (tertiary/aromatic N) is 1. The Balaban J connectivity index is 3.25. The normalized spacial score (nSPS) is 10.6. The van der Waals surface area contributed by atoms with Crippen LogP contribution in [0.15, 0.2) is 10.5 Å². The van der Waals surface area contributed by atoms with E-state index in [2.05, 4.69) is 20.9 Å². The number of ether oxygens (including phenoxy) is 1. The van der Waals surface area contributed by atoms with Gasteiger partial charge < -0.3 is 4.74 Å². The van der Waals surface area contributed by atoms with Crippen LogP contribution < -0.4 is 4.74 Å². The molecule has 2 nitrogen and oxygen atoms in total. The van der Waals surface area contributed by atoms with Crippen molar-refractivity contribution < 1.29 is 13.5 Å². The Morgan fingerprint density at radius 3 is 2.69 bits per heavy atom. The van der Waals surface area contributed by atoms with Gasteiger partial charge in [-0.2, -0.15) is 0 Å². The monoisotopic (exact) mass is 271 g/mol. The Bertz CT molecular complexity index is 322. The summed E-state index contributed by atoms with van der Waals surface area (Å²) < 4.78 is 29.7. The van der Waals surface area contributed by atoms with Gasteiger partial charge in [-0.1, -0.05) is 11.6 Å². The molecule has 0 unspecified atom stereocenters. The van der Waals surface area contributed by atoms with Crippen LogP contribution in [0.5, 0.6) is 5.88 Å². The smallest absolute Gasteiger partial charge is 0.282 e. The second-order valence-electron chi connectivity index (χ2n) is 2.15. The van der Waals surface area contributed by atoms with E-state index in [1.165, 1.54) is 13.2 Å². The first-order valence-corrected chi connectivity index (χ1v) is 4.41. The molecule has 0 radical (unpaired) electrons. The molecule has 13 heavy (non-hydrogen) atoms. The third kappa shape index (κ3) is 2.28. The number of pyridine rings is 1. The molecule has 0 fully saturated rings. The molecule has 0 aromatic carbocycles. The van der Waals surface area contributed by atoms with E-state index >= 15 is 0 Å². The molecule has 0 saturated heterocycles. The van der Waals surface area contributed by atoms with Crippen LogP contribution in [0.3, 0.4) is 0 Å². The Hall–Kier alpha value is -0.420. The Labute approximate surface area is 87.0 Å². The Morgan fingerprint density at radius 2 is 2.23 bits per heavy atom. The summed E-state index contributed by atoms with van der Waals surface area (Å²) in [6.45, 7) is 0. The number of rotatable bonds is 2. The van der Waals surface area contributed by atoms with Gasteiger partial charge in [0.2, 0.25) is 5.88 Å². The molecule has 0 bridgehead atoms. The Kier molecular flexibility index (Phi) is 3.44. The van der Waals surface area contributed by atoms with Gasteiger partial charge in [0.25, 0.3) is 6.43 Å². The largest absolute Gasteiger partial charge is 0.481 e. The van der Waals surface area contributed by atoms with Gasteiger partial charge in [0.05, 0.1) is 12.1 Å². The predicted molar refractivity (Wildman–Crippen MR) is 48.5 cm³/mol. The predicted octanol–water partition coefficient (Wildman–Crippen LogP) is 3.44. The molecule has 0 N–H and O–H groups in total. The second-order valence-corrected chi connectivity index (χ2v) is 3.38. The van der Waals surface area contributed by atoms with E-state index in [1.807, 2.05) is 0 Å². The van der Waals surface area contributed by atoms with Crippen molar-refractivity contribution >= 4 is 27.5 Å². The van der Waals surface area contributed by atoms with Gasteiger partial charge in [0.15, 0.2) is 0 Å². The zero-order valence-electron chi connectivity index (χ0n) is 6.52. The van der Waals surface area contributed by atoms with Crippen molar-refractivity contribution in [3.8, 4) is 5.88 Å². The summed E-state index contributed by atoms with van der Waals surface area (Å²) in [4.78, 5) is 3.52. The minimum absolute atomic E-state index is 0.0872. The molecule has 0 spiro atoms. The average molecular weight is 272 g/mol. The number of methoxy groups -OCH3 is 1. The minimum atomic E-state index is -2.71. The zero-order valence-corrected chi connectivity index (χ0v) is 8.86. The molecule has 1 heterocycles. The van der Waals surface area contributed by atoms with Crippen LogP contribution in [-0.2, 0) is 0 Å². The van der Waals surface area contributed by atoms with Crippen LogP contribution in [0.4, 0.5) is 8.78 Å². The lowest BCUT2D eigenvalue weighted by molar-refractivity contribution is 0.145. The molecule has 1 aromatic rings. The summed E-state index contributed by atoms with van der Waals surface area (Å²) in [6, 6.07) is 1.42. The molecular weight excluding hydrogens is 267 g/mol. The lowest BCUT2D eigenvalue weighted by Crippen LogP contribution is -1.96. The highest BCUT2D eigenvalue weighted by molar-refractivity contribution is 9.10. The maximum atomic E-state index is 12.3. The summed E-state index contributed by atoms with van der Waals surface area (Å²) in [5.41, 5.74) is -0.479. The number of hydrogen-bond acceptors (Lipinski definition) is 2. The molecule has 0 saturated carbocycles. The lowest BCUT2D eigenvalue weighted by Gasteiger charge is -2.06. The van der Waals surface area contributed by atoms with Crippen molar-refractivity contribution in [2.45, 2.75) is 6.43 Å². The van der Waals surface area contributed by atoms with E-state index in [1.54, 1.807) is 0 Å². The van der Waals surface area contributed by atoms with Gasteiger partial charge in [-0.25, -0.2) is 13.8 Å². The van der Waals surface area contributed by atoms with Gasteiger partial charge in [-0.05, 0) is 15.9 Å². The summed E-state index contributed by atoms with van der Waals surface area (Å²) in [7, 11) is 1.35. The van der Waals surface area contributed by atoms with Crippen molar-refractivity contribution in [3.05, 3.63) is 21.3 Å². The zero-order chi connectivity index (χ0) is 10.0. The molecule has 0 aliphatic carbocycles. The van der Waals surface area contributed by atoms with Gasteiger partial charge >= 0.3 is 0 Å². The van der Waals surface area contributed by atoms with Crippen molar-refractivity contribution in [1.29, 1.82) is 0 Å². The highest BCUT2D eigenvalue weighted by atomic mass is 79.9. The number of halogens is 4.